The molecule has 6 heterocycles. The molecule has 0 saturated carbocycles. The van der Waals surface area contributed by atoms with Gasteiger partial charge in [-0.15, -0.1) is 10.2 Å². The standard InChI is InChI=1S/C25H27ClF3N9/c1-16-30-5-4-21(31-16)36-11-24(12-36)13-37(14-24)23-33-32-22-10-35(19-8-34(9-19)15-25(27,28)29)7-17-6-18(26)2-3-20(17)38(22)23/h2-6,19H,7-15H2,1H3. The lowest BCUT2D eigenvalue weighted by atomic mass is 9.73. The molecule has 9 nitrogen and oxygen atoms in total. The highest BCUT2D eigenvalue weighted by molar-refractivity contribution is 6.30. The number of alkyl halides is 3. The smallest absolute Gasteiger partial charge is 0.355 e. The molecular weight excluding hydrogens is 519 g/mol. The van der Waals surface area contributed by atoms with Gasteiger partial charge in [-0.25, -0.2) is 9.97 Å². The number of fused-ring (bicyclic) bond motifs is 3. The van der Waals surface area contributed by atoms with Gasteiger partial charge < -0.3 is 9.80 Å². The number of benzene rings is 1. The highest BCUT2D eigenvalue weighted by atomic mass is 35.5. The lowest BCUT2D eigenvalue weighted by Gasteiger charge is -2.60. The summed E-state index contributed by atoms with van der Waals surface area (Å²) in [5.41, 5.74) is 2.21. The largest absolute Gasteiger partial charge is 0.401 e. The van der Waals surface area contributed by atoms with E-state index in [-0.39, 0.29) is 11.5 Å². The highest BCUT2D eigenvalue weighted by Crippen LogP contribution is 2.44. The zero-order chi connectivity index (χ0) is 26.2. The molecule has 200 valence electrons. The quantitative estimate of drug-likeness (QED) is 0.496. The van der Waals surface area contributed by atoms with Gasteiger partial charge in [0.2, 0.25) is 5.95 Å². The second-order valence-electron chi connectivity index (χ2n) is 11.1. The highest BCUT2D eigenvalue weighted by Gasteiger charge is 2.53. The molecule has 0 unspecified atom stereocenters. The molecule has 1 aromatic carbocycles. The summed E-state index contributed by atoms with van der Waals surface area (Å²) in [4.78, 5) is 16.9. The van der Waals surface area contributed by atoms with E-state index in [0.29, 0.717) is 31.2 Å². The van der Waals surface area contributed by atoms with Crippen molar-refractivity contribution in [1.82, 2.24) is 34.5 Å². The lowest BCUT2D eigenvalue weighted by Crippen LogP contribution is -2.73. The van der Waals surface area contributed by atoms with Crippen LogP contribution in [-0.2, 0) is 13.1 Å². The monoisotopic (exact) mass is 545 g/mol. The molecule has 2 aromatic heterocycles. The fourth-order valence-electron chi connectivity index (χ4n) is 6.28. The van der Waals surface area contributed by atoms with Crippen LogP contribution in [0, 0.1) is 12.3 Å². The molecule has 1 spiro atoms. The van der Waals surface area contributed by atoms with E-state index in [4.69, 9.17) is 11.6 Å². The zero-order valence-electron chi connectivity index (χ0n) is 20.9. The van der Waals surface area contributed by atoms with Crippen molar-refractivity contribution in [1.29, 1.82) is 0 Å². The average Bonchev–Trinajstić information content (AvgIpc) is 3.09. The van der Waals surface area contributed by atoms with Gasteiger partial charge in [0.25, 0.3) is 0 Å². The number of aromatic nitrogens is 5. The summed E-state index contributed by atoms with van der Waals surface area (Å²) in [6.45, 7) is 6.56. The fourth-order valence-corrected chi connectivity index (χ4v) is 6.48. The Morgan fingerprint density at radius 2 is 1.79 bits per heavy atom. The predicted octanol–water partition coefficient (Wildman–Crippen LogP) is 2.91. The molecule has 0 aliphatic carbocycles. The molecule has 7 rings (SSSR count). The minimum absolute atomic E-state index is 0.0227. The molecular formula is C25H27ClF3N9. The number of rotatable bonds is 4. The summed E-state index contributed by atoms with van der Waals surface area (Å²) in [5, 5.41) is 9.76. The minimum atomic E-state index is -4.18. The van der Waals surface area contributed by atoms with E-state index in [2.05, 4.69) is 39.4 Å². The van der Waals surface area contributed by atoms with Crippen molar-refractivity contribution in [2.24, 2.45) is 5.41 Å². The second kappa shape index (κ2) is 8.52. The number of hydrogen-bond donors (Lipinski definition) is 0. The number of hydrogen-bond acceptors (Lipinski definition) is 8. The van der Waals surface area contributed by atoms with Crippen LogP contribution in [0.4, 0.5) is 24.9 Å². The van der Waals surface area contributed by atoms with Crippen LogP contribution in [0.3, 0.4) is 0 Å². The molecule has 0 atom stereocenters. The van der Waals surface area contributed by atoms with Gasteiger partial charge in [-0.3, -0.25) is 14.4 Å². The Morgan fingerprint density at radius 3 is 2.53 bits per heavy atom. The number of likely N-dealkylation sites (tertiary alicyclic amines) is 1. The second-order valence-corrected chi connectivity index (χ2v) is 11.5. The van der Waals surface area contributed by atoms with Crippen molar-refractivity contribution < 1.29 is 13.2 Å². The first-order valence-corrected chi connectivity index (χ1v) is 13.1. The van der Waals surface area contributed by atoms with Crippen LogP contribution < -0.4 is 9.80 Å². The molecule has 0 amide bonds. The molecule has 4 aliphatic heterocycles. The van der Waals surface area contributed by atoms with Crippen LogP contribution in [-0.4, -0.2) is 92.6 Å². The van der Waals surface area contributed by atoms with Crippen molar-refractivity contribution in [3.8, 4) is 5.69 Å². The summed E-state index contributed by atoms with van der Waals surface area (Å²) in [6.07, 6.45) is -2.38. The van der Waals surface area contributed by atoms with E-state index in [9.17, 15) is 13.2 Å². The fraction of sp³-hybridized carbons (Fsp3) is 0.520. The lowest BCUT2D eigenvalue weighted by molar-refractivity contribution is -0.161. The molecule has 0 radical (unpaired) electrons. The Balaban J connectivity index is 1.09. The summed E-state index contributed by atoms with van der Waals surface area (Å²) in [5.74, 6) is 3.34. The number of anilines is 2. The van der Waals surface area contributed by atoms with Crippen molar-refractivity contribution >= 4 is 23.4 Å². The Kier molecular flexibility index (Phi) is 5.41. The Morgan fingerprint density at radius 1 is 1.03 bits per heavy atom. The molecule has 3 fully saturated rings. The van der Waals surface area contributed by atoms with E-state index in [0.717, 1.165) is 60.8 Å². The van der Waals surface area contributed by atoms with Gasteiger partial charge in [0.1, 0.15) is 11.6 Å². The van der Waals surface area contributed by atoms with Crippen LogP contribution in [0.15, 0.2) is 30.5 Å². The first kappa shape index (κ1) is 24.1. The van der Waals surface area contributed by atoms with Crippen LogP contribution in [0.2, 0.25) is 5.02 Å². The number of aryl methyl sites for hydroxylation is 1. The maximum Gasteiger partial charge on any atom is 0.401 e. The first-order chi connectivity index (χ1) is 18.1. The van der Waals surface area contributed by atoms with E-state index < -0.39 is 12.7 Å². The first-order valence-electron chi connectivity index (χ1n) is 12.7. The Labute approximate surface area is 222 Å². The van der Waals surface area contributed by atoms with Crippen molar-refractivity contribution in [3.05, 3.63) is 52.7 Å². The van der Waals surface area contributed by atoms with Crippen LogP contribution >= 0.6 is 11.6 Å². The normalized spacial score (nSPS) is 21.4. The summed E-state index contributed by atoms with van der Waals surface area (Å²) in [6, 6.07) is 7.78. The molecule has 4 aliphatic rings. The summed E-state index contributed by atoms with van der Waals surface area (Å²) >= 11 is 6.36. The van der Waals surface area contributed by atoms with Crippen molar-refractivity contribution in [2.45, 2.75) is 32.2 Å². The Hall–Kier alpha value is -2.96. The maximum atomic E-state index is 12.8. The van der Waals surface area contributed by atoms with E-state index in [1.807, 2.05) is 31.2 Å². The van der Waals surface area contributed by atoms with Gasteiger partial charge in [-0.2, -0.15) is 13.2 Å². The minimum Gasteiger partial charge on any atom is -0.355 e. The molecule has 3 saturated heterocycles. The summed E-state index contributed by atoms with van der Waals surface area (Å²) in [7, 11) is 0. The van der Waals surface area contributed by atoms with Gasteiger partial charge in [0.05, 0.1) is 18.8 Å². The van der Waals surface area contributed by atoms with Gasteiger partial charge in [-0.05, 0) is 36.8 Å². The third kappa shape index (κ3) is 4.18. The van der Waals surface area contributed by atoms with E-state index >= 15 is 0 Å². The number of halogens is 4. The molecule has 0 bridgehead atoms. The molecule has 3 aromatic rings. The topological polar surface area (TPSA) is 69.5 Å². The van der Waals surface area contributed by atoms with Gasteiger partial charge in [-0.1, -0.05) is 11.6 Å². The molecule has 0 N–H and O–H groups in total. The van der Waals surface area contributed by atoms with Crippen molar-refractivity contribution in [3.63, 3.8) is 0 Å². The van der Waals surface area contributed by atoms with Gasteiger partial charge in [0, 0.05) is 68.5 Å². The van der Waals surface area contributed by atoms with Crippen molar-refractivity contribution in [2.75, 3.05) is 55.6 Å². The maximum absolute atomic E-state index is 12.8. The van der Waals surface area contributed by atoms with E-state index in [1.165, 1.54) is 4.90 Å². The third-order valence-corrected chi connectivity index (χ3v) is 8.28. The van der Waals surface area contributed by atoms with Gasteiger partial charge >= 0.3 is 6.18 Å². The van der Waals surface area contributed by atoms with Crippen LogP contribution in [0.25, 0.3) is 5.69 Å². The Bertz CT molecular complexity index is 1370. The third-order valence-electron chi connectivity index (χ3n) is 8.04. The SMILES string of the molecule is Cc1nccc(N2CC3(C2)CN(c2nnc4n2-c2ccc(Cl)cc2CN(C2CN(CC(F)(F)F)C2)C4)C3)n1. The van der Waals surface area contributed by atoms with Crippen LogP contribution in [0.1, 0.15) is 17.2 Å². The van der Waals surface area contributed by atoms with E-state index in [1.54, 1.807) is 6.20 Å². The summed E-state index contributed by atoms with van der Waals surface area (Å²) < 4.78 is 40.6. The average molecular weight is 546 g/mol. The van der Waals surface area contributed by atoms with Gasteiger partial charge in [0.15, 0.2) is 5.82 Å². The van der Waals surface area contributed by atoms with Crippen LogP contribution in [0.5, 0.6) is 0 Å². The zero-order valence-corrected chi connectivity index (χ0v) is 21.6. The predicted molar refractivity (Wildman–Crippen MR) is 136 cm³/mol. The number of nitrogens with zero attached hydrogens (tertiary/aromatic N) is 9. The molecule has 13 heteroatoms. The molecule has 38 heavy (non-hydrogen) atoms.